The first-order valence-corrected chi connectivity index (χ1v) is 28.9. The number of halogens is 2. The predicted molar refractivity (Wildman–Crippen MR) is 316 cm³/mol. The molecule has 0 heterocycles. The zero-order valence-electron chi connectivity index (χ0n) is 47.3. The van der Waals surface area contributed by atoms with Crippen molar-refractivity contribution in [1.82, 2.24) is 0 Å². The van der Waals surface area contributed by atoms with E-state index < -0.39 is 0 Å². The fourth-order valence-corrected chi connectivity index (χ4v) is 8.92. The molecule has 0 N–H and O–H groups in total. The number of hydrogen-bond acceptors (Lipinski definition) is 16. The molecule has 0 saturated carbocycles. The maximum atomic E-state index is 6.14. The molecule has 0 aliphatic heterocycles. The van der Waals surface area contributed by atoms with E-state index in [4.69, 9.17) is 75.8 Å². The van der Waals surface area contributed by atoms with Gasteiger partial charge in [-0.15, -0.1) is 0 Å². The normalized spacial score (nSPS) is 11.6. The van der Waals surface area contributed by atoms with Gasteiger partial charge in [0, 0.05) is 37.4 Å². The Balaban J connectivity index is 1.23. The zero-order chi connectivity index (χ0) is 56.5. The quantitative estimate of drug-likeness (QED) is 0.0340. The smallest absolute Gasteiger partial charge is 0.0729 e. The summed E-state index contributed by atoms with van der Waals surface area (Å²) in [6, 6.07) is 34.7. The number of benzene rings is 5. The molecule has 18 heteroatoms. The number of methoxy groups -OCH3 is 4. The van der Waals surface area contributed by atoms with Crippen molar-refractivity contribution in [2.75, 3.05) is 187 Å². The lowest BCUT2D eigenvalue weighted by molar-refractivity contribution is 0.000534. The Kier molecular flexibility index (Phi) is 36.2. The monoisotopic (exact) mass is 1240 g/mol. The molecule has 0 unspecified atom stereocenters. The van der Waals surface area contributed by atoms with Gasteiger partial charge in [-0.2, -0.15) is 0 Å². The molecule has 5 aromatic rings. The number of ether oxygens (including phenoxy) is 16. The highest BCUT2D eigenvalue weighted by Gasteiger charge is 2.15. The van der Waals surface area contributed by atoms with Gasteiger partial charge in [0.15, 0.2) is 0 Å². The predicted octanol–water partition coefficient (Wildman–Crippen LogP) is 10.7. The van der Waals surface area contributed by atoms with Gasteiger partial charge in [0.25, 0.3) is 0 Å². The van der Waals surface area contributed by atoms with Crippen LogP contribution in [0.1, 0.15) is 22.3 Å². The van der Waals surface area contributed by atoms with E-state index in [1.54, 1.807) is 28.4 Å². The van der Waals surface area contributed by atoms with Crippen LogP contribution in [-0.2, 0) is 102 Å². The highest BCUT2D eigenvalue weighted by Crippen LogP contribution is 2.35. The van der Waals surface area contributed by atoms with Gasteiger partial charge >= 0.3 is 0 Å². The average molecular weight is 1250 g/mol. The van der Waals surface area contributed by atoms with E-state index in [1.807, 2.05) is 0 Å². The van der Waals surface area contributed by atoms with E-state index in [0.717, 1.165) is 75.7 Å². The minimum atomic E-state index is 0.412. The van der Waals surface area contributed by atoms with Crippen LogP contribution in [-0.4, -0.2) is 187 Å². The van der Waals surface area contributed by atoms with Crippen molar-refractivity contribution in [1.29, 1.82) is 0 Å². The largest absolute Gasteiger partial charge is 0.382 e. The Hall–Kier alpha value is -3.58. The van der Waals surface area contributed by atoms with Crippen molar-refractivity contribution in [2.24, 2.45) is 0 Å². The summed E-state index contributed by atoms with van der Waals surface area (Å²) >= 11 is 7.62. The molecule has 5 aromatic carbocycles. The molecular weight excluding hydrogens is 1160 g/mol. The molecule has 0 saturated heterocycles. The Morgan fingerprint density at radius 2 is 0.412 bits per heavy atom. The molecule has 0 aliphatic rings. The van der Waals surface area contributed by atoms with Gasteiger partial charge < -0.3 is 75.8 Å². The lowest BCUT2D eigenvalue weighted by atomic mass is 9.94. The first-order chi connectivity index (χ1) is 39.4. The maximum absolute atomic E-state index is 6.14. The van der Waals surface area contributed by atoms with E-state index in [9.17, 15) is 0 Å². The minimum Gasteiger partial charge on any atom is -0.382 e. The second-order valence-corrected chi connectivity index (χ2v) is 19.7. The van der Waals surface area contributed by atoms with E-state index in [1.165, 1.54) is 0 Å². The molecule has 5 rings (SSSR count). The maximum Gasteiger partial charge on any atom is 0.0729 e. The molecule has 16 nitrogen and oxygen atoms in total. The fourth-order valence-electron chi connectivity index (χ4n) is 7.91. The van der Waals surface area contributed by atoms with Gasteiger partial charge in [-0.25, -0.2) is 0 Å². The molecule has 80 heavy (non-hydrogen) atoms. The van der Waals surface area contributed by atoms with Gasteiger partial charge in [0.2, 0.25) is 0 Å². The van der Waals surface area contributed by atoms with Crippen molar-refractivity contribution < 1.29 is 75.8 Å². The third kappa shape index (κ3) is 26.8. The summed E-state index contributed by atoms with van der Waals surface area (Å²) in [5.41, 5.74) is 12.9. The second-order valence-electron chi connectivity index (χ2n) is 18.0. The molecule has 0 radical (unpaired) electrons. The summed E-state index contributed by atoms with van der Waals surface area (Å²) in [5, 5.41) is 0. The lowest BCUT2D eigenvalue weighted by Crippen LogP contribution is -2.11. The highest BCUT2D eigenvalue weighted by atomic mass is 79.9. The summed E-state index contributed by atoms with van der Waals surface area (Å²) < 4.78 is 91.2. The van der Waals surface area contributed by atoms with Crippen LogP contribution in [0.25, 0.3) is 44.5 Å². The molecule has 0 spiro atoms. The van der Waals surface area contributed by atoms with Crippen molar-refractivity contribution >= 4 is 31.9 Å². The van der Waals surface area contributed by atoms with Crippen molar-refractivity contribution in [3.05, 3.63) is 128 Å². The average Bonchev–Trinajstić information content (AvgIpc) is 3.49. The molecule has 0 fully saturated rings. The molecule has 0 amide bonds. The standard InChI is InChI=1S/C62H84Br2O16/c1-65-17-21-69-25-29-73-33-37-77-45-55-43-61(63)57(47-79-39-35-75-31-27-71-23-19-67-3)41-59(55)53-13-9-51(10-14-53)49-5-7-50(8-6-49)52-11-15-54(16-12-52)60-42-58(48-80-40-36-76-32-28-72-24-20-68-4)62(64)44-56(60)46-78-38-34-74-30-26-70-22-18-66-2/h5-16,41-44H,17-40,45-48H2,1-4H3. The lowest BCUT2D eigenvalue weighted by Gasteiger charge is -2.16. The van der Waals surface area contributed by atoms with Crippen LogP contribution < -0.4 is 0 Å². The molecule has 0 atom stereocenters. The number of rotatable bonds is 48. The summed E-state index contributed by atoms with van der Waals surface area (Å²) in [6.45, 7) is 13.8. The summed E-state index contributed by atoms with van der Waals surface area (Å²) in [4.78, 5) is 0. The molecule has 0 aliphatic carbocycles. The fraction of sp³-hybridized carbons (Fsp3) is 0.516. The van der Waals surface area contributed by atoms with E-state index >= 15 is 0 Å². The van der Waals surface area contributed by atoms with Crippen LogP contribution in [0.4, 0.5) is 0 Å². The Labute approximate surface area is 491 Å². The van der Waals surface area contributed by atoms with E-state index in [-0.39, 0.29) is 0 Å². The molecule has 442 valence electrons. The Morgan fingerprint density at radius 1 is 0.225 bits per heavy atom. The van der Waals surface area contributed by atoms with Crippen LogP contribution in [0, 0.1) is 0 Å². The third-order valence-corrected chi connectivity index (χ3v) is 13.7. The van der Waals surface area contributed by atoms with Gasteiger partial charge in [0.05, 0.1) is 185 Å². The van der Waals surface area contributed by atoms with E-state index in [0.29, 0.717) is 185 Å². The van der Waals surface area contributed by atoms with Gasteiger partial charge in [0.1, 0.15) is 0 Å². The SMILES string of the molecule is COCCOCCOCCOCc1cc(-c2ccc(-c3ccc(-c4ccc(-c5cc(COCCOCCOCCOC)c(Br)cc5COCCOCCOCCOC)cc4)cc3)cc2)c(COCCOCCOCCOC)cc1Br. The van der Waals surface area contributed by atoms with Crippen molar-refractivity contribution in [2.45, 2.75) is 26.4 Å². The molecule has 0 bridgehead atoms. The topological polar surface area (TPSA) is 148 Å². The van der Waals surface area contributed by atoms with E-state index in [2.05, 4.69) is 129 Å². The zero-order valence-corrected chi connectivity index (χ0v) is 50.5. The molecule has 0 aromatic heterocycles. The summed E-state index contributed by atoms with van der Waals surface area (Å²) in [6.07, 6.45) is 0. The van der Waals surface area contributed by atoms with Crippen LogP contribution in [0.5, 0.6) is 0 Å². The van der Waals surface area contributed by atoms with Crippen LogP contribution in [0.3, 0.4) is 0 Å². The Bertz CT molecular complexity index is 2190. The van der Waals surface area contributed by atoms with Crippen LogP contribution in [0.15, 0.2) is 106 Å². The summed E-state index contributed by atoms with van der Waals surface area (Å²) in [5.74, 6) is 0. The first-order valence-electron chi connectivity index (χ1n) is 27.3. The second kappa shape index (κ2) is 43.1. The van der Waals surface area contributed by atoms with Crippen molar-refractivity contribution in [3.63, 3.8) is 0 Å². The van der Waals surface area contributed by atoms with Crippen LogP contribution in [0.2, 0.25) is 0 Å². The highest BCUT2D eigenvalue weighted by molar-refractivity contribution is 9.10. The Morgan fingerprint density at radius 3 is 0.637 bits per heavy atom. The number of hydrogen-bond donors (Lipinski definition) is 0. The van der Waals surface area contributed by atoms with Gasteiger partial charge in [-0.05, 0) is 91.0 Å². The minimum absolute atomic E-state index is 0.412. The van der Waals surface area contributed by atoms with Gasteiger partial charge in [-0.1, -0.05) is 105 Å². The first kappa shape index (κ1) is 67.2. The van der Waals surface area contributed by atoms with Crippen molar-refractivity contribution in [3.8, 4) is 44.5 Å². The van der Waals surface area contributed by atoms with Gasteiger partial charge in [-0.3, -0.25) is 0 Å². The third-order valence-electron chi connectivity index (χ3n) is 12.2. The molecular formula is C62H84Br2O16. The van der Waals surface area contributed by atoms with Crippen LogP contribution >= 0.6 is 31.9 Å². The summed E-state index contributed by atoms with van der Waals surface area (Å²) in [7, 11) is 6.62.